The van der Waals surface area contributed by atoms with E-state index in [-0.39, 0.29) is 5.91 Å². The molecule has 0 aromatic carbocycles. The van der Waals surface area contributed by atoms with Crippen LogP contribution in [-0.4, -0.2) is 57.4 Å². The molecule has 1 amide bonds. The number of aromatic nitrogens is 5. The average molecular weight is 405 g/mol. The Morgan fingerprint density at radius 2 is 2.07 bits per heavy atom. The molecule has 1 aliphatic heterocycles. The molecular formula is C21H23N7O2. The third-order valence-electron chi connectivity index (χ3n) is 5.65. The first-order chi connectivity index (χ1) is 14.7. The lowest BCUT2D eigenvalue weighted by Crippen LogP contribution is -2.19. The second-order valence-corrected chi connectivity index (χ2v) is 7.32. The molecule has 0 spiro atoms. The monoisotopic (exact) mass is 405 g/mol. The minimum atomic E-state index is -0.219. The van der Waals surface area contributed by atoms with Gasteiger partial charge in [0.2, 0.25) is 0 Å². The second-order valence-electron chi connectivity index (χ2n) is 7.32. The lowest BCUT2D eigenvalue weighted by Gasteiger charge is -2.24. The average Bonchev–Trinajstić information content (AvgIpc) is 3.40. The highest BCUT2D eigenvalue weighted by Crippen LogP contribution is 2.34. The van der Waals surface area contributed by atoms with Crippen LogP contribution in [0.1, 0.15) is 29.2 Å². The Labute approximate surface area is 173 Å². The van der Waals surface area contributed by atoms with Crippen molar-refractivity contribution >= 4 is 28.4 Å². The largest absolute Gasteiger partial charge is 0.381 e. The highest BCUT2D eigenvalue weighted by molar-refractivity contribution is 6.00. The number of nitrogens with one attached hydrogen (secondary N) is 2. The van der Waals surface area contributed by atoms with Gasteiger partial charge in [-0.15, -0.1) is 0 Å². The molecule has 4 aromatic heterocycles. The molecule has 0 unspecified atom stereocenters. The van der Waals surface area contributed by atoms with Crippen molar-refractivity contribution in [3.05, 3.63) is 42.4 Å². The smallest absolute Gasteiger partial charge is 0.256 e. The van der Waals surface area contributed by atoms with E-state index in [4.69, 9.17) is 9.72 Å². The van der Waals surface area contributed by atoms with Crippen molar-refractivity contribution < 1.29 is 9.53 Å². The Morgan fingerprint density at radius 3 is 2.83 bits per heavy atom. The number of hydrogen-bond donors (Lipinski definition) is 2. The number of rotatable bonds is 4. The second kappa shape index (κ2) is 7.42. The molecule has 0 atom stereocenters. The van der Waals surface area contributed by atoms with Crippen LogP contribution < -0.4 is 10.6 Å². The number of anilines is 1. The van der Waals surface area contributed by atoms with E-state index in [9.17, 15) is 4.79 Å². The highest BCUT2D eigenvalue weighted by Gasteiger charge is 2.22. The van der Waals surface area contributed by atoms with Gasteiger partial charge in [0.15, 0.2) is 5.65 Å². The Kier molecular flexibility index (Phi) is 4.59. The molecule has 9 heteroatoms. The molecule has 9 nitrogen and oxygen atoms in total. The molecule has 5 heterocycles. The molecule has 0 bridgehead atoms. The number of pyridine rings is 1. The van der Waals surface area contributed by atoms with Gasteiger partial charge in [-0.25, -0.2) is 9.97 Å². The zero-order valence-electron chi connectivity index (χ0n) is 16.9. The van der Waals surface area contributed by atoms with Crippen molar-refractivity contribution in [3.8, 4) is 11.3 Å². The van der Waals surface area contributed by atoms with Crippen LogP contribution in [0, 0.1) is 0 Å². The molecular weight excluding hydrogens is 382 g/mol. The van der Waals surface area contributed by atoms with Crippen molar-refractivity contribution in [3.63, 3.8) is 0 Å². The van der Waals surface area contributed by atoms with E-state index in [1.54, 1.807) is 17.8 Å². The van der Waals surface area contributed by atoms with Gasteiger partial charge in [0, 0.05) is 62.8 Å². The molecule has 1 saturated heterocycles. The normalized spacial score (nSPS) is 15.0. The Bertz CT molecular complexity index is 1240. The predicted octanol–water partition coefficient (Wildman–Crippen LogP) is 2.50. The van der Waals surface area contributed by atoms with E-state index in [0.717, 1.165) is 54.2 Å². The van der Waals surface area contributed by atoms with Crippen LogP contribution in [0.2, 0.25) is 0 Å². The van der Waals surface area contributed by atoms with Crippen molar-refractivity contribution in [2.75, 3.05) is 32.6 Å². The zero-order valence-corrected chi connectivity index (χ0v) is 16.9. The number of nitrogens with zero attached hydrogens (tertiary/aromatic N) is 5. The summed E-state index contributed by atoms with van der Waals surface area (Å²) in [6, 6.07) is 6.29. The van der Waals surface area contributed by atoms with Gasteiger partial charge >= 0.3 is 0 Å². The van der Waals surface area contributed by atoms with Crippen molar-refractivity contribution in [1.82, 2.24) is 29.5 Å². The van der Waals surface area contributed by atoms with Crippen LogP contribution in [0.4, 0.5) is 5.82 Å². The lowest BCUT2D eigenvalue weighted by molar-refractivity contribution is 0.0706. The van der Waals surface area contributed by atoms with E-state index in [0.29, 0.717) is 17.3 Å². The molecule has 0 saturated carbocycles. The third kappa shape index (κ3) is 2.89. The predicted molar refractivity (Wildman–Crippen MR) is 114 cm³/mol. The first-order valence-electron chi connectivity index (χ1n) is 10.0. The Morgan fingerprint density at radius 1 is 1.23 bits per heavy atom. The first kappa shape index (κ1) is 18.6. The maximum absolute atomic E-state index is 12.3. The summed E-state index contributed by atoms with van der Waals surface area (Å²) in [6.45, 7) is 1.51. The molecule has 154 valence electrons. The van der Waals surface area contributed by atoms with E-state index in [1.165, 1.54) is 0 Å². The van der Waals surface area contributed by atoms with Crippen molar-refractivity contribution in [2.24, 2.45) is 0 Å². The number of amides is 1. The van der Waals surface area contributed by atoms with Gasteiger partial charge in [-0.1, -0.05) is 0 Å². The number of ether oxygens (including phenoxy) is 1. The SMILES string of the molecule is CNC(=O)c1cnn2c(NC)cc(-c3cn(C4CCOCC4)c4ncccc34)nc12. The number of carbonyl (C=O) groups is 1. The van der Waals surface area contributed by atoms with Crippen LogP contribution in [0.5, 0.6) is 0 Å². The lowest BCUT2D eigenvalue weighted by atomic mass is 10.1. The van der Waals surface area contributed by atoms with Gasteiger partial charge < -0.3 is 19.9 Å². The number of fused-ring (bicyclic) bond motifs is 2. The molecule has 5 rings (SSSR count). The molecule has 0 radical (unpaired) electrons. The molecule has 30 heavy (non-hydrogen) atoms. The van der Waals surface area contributed by atoms with Crippen LogP contribution in [-0.2, 0) is 4.74 Å². The third-order valence-corrected chi connectivity index (χ3v) is 5.65. The molecule has 1 aliphatic rings. The first-order valence-corrected chi connectivity index (χ1v) is 10.0. The van der Waals surface area contributed by atoms with Crippen LogP contribution in [0.15, 0.2) is 36.8 Å². The summed E-state index contributed by atoms with van der Waals surface area (Å²) < 4.78 is 9.43. The van der Waals surface area contributed by atoms with Gasteiger partial charge in [-0.2, -0.15) is 9.61 Å². The van der Waals surface area contributed by atoms with E-state index in [2.05, 4.69) is 37.5 Å². The minimum Gasteiger partial charge on any atom is -0.381 e. The van der Waals surface area contributed by atoms with Gasteiger partial charge in [0.1, 0.15) is 17.0 Å². The number of carbonyl (C=O) groups excluding carboxylic acids is 1. The summed E-state index contributed by atoms with van der Waals surface area (Å²) >= 11 is 0. The standard InChI is InChI=1S/C21H23N7O2/c1-22-18-10-17(26-20-15(21(29)23-2)11-25-28(18)20)16-12-27(13-5-8-30-9-6-13)19-14(16)4-3-7-24-19/h3-4,7,10-13,22H,5-6,8-9H2,1-2H3,(H,23,29). The van der Waals surface area contributed by atoms with E-state index >= 15 is 0 Å². The Hall–Kier alpha value is -3.46. The molecule has 0 aliphatic carbocycles. The van der Waals surface area contributed by atoms with Crippen LogP contribution >= 0.6 is 0 Å². The van der Waals surface area contributed by atoms with Crippen molar-refractivity contribution in [1.29, 1.82) is 0 Å². The minimum absolute atomic E-state index is 0.219. The fourth-order valence-corrected chi connectivity index (χ4v) is 4.10. The van der Waals surface area contributed by atoms with E-state index < -0.39 is 0 Å². The topological polar surface area (TPSA) is 98.4 Å². The fourth-order valence-electron chi connectivity index (χ4n) is 4.10. The fraction of sp³-hybridized carbons (Fsp3) is 0.333. The highest BCUT2D eigenvalue weighted by atomic mass is 16.5. The van der Waals surface area contributed by atoms with Gasteiger partial charge in [-0.3, -0.25) is 4.79 Å². The quantitative estimate of drug-likeness (QED) is 0.541. The summed E-state index contributed by atoms with van der Waals surface area (Å²) in [6.07, 6.45) is 7.40. The summed E-state index contributed by atoms with van der Waals surface area (Å²) in [5, 5.41) is 11.2. The molecule has 1 fully saturated rings. The van der Waals surface area contributed by atoms with Gasteiger partial charge in [-0.05, 0) is 25.0 Å². The molecule has 2 N–H and O–H groups in total. The van der Waals surface area contributed by atoms with Gasteiger partial charge in [0.25, 0.3) is 5.91 Å². The van der Waals surface area contributed by atoms with Crippen LogP contribution in [0.25, 0.3) is 27.9 Å². The molecule has 4 aromatic rings. The maximum Gasteiger partial charge on any atom is 0.256 e. The van der Waals surface area contributed by atoms with Crippen molar-refractivity contribution in [2.45, 2.75) is 18.9 Å². The zero-order chi connectivity index (χ0) is 20.7. The Balaban J connectivity index is 1.73. The van der Waals surface area contributed by atoms with E-state index in [1.807, 2.05) is 25.4 Å². The summed E-state index contributed by atoms with van der Waals surface area (Å²) in [5.41, 5.74) is 3.62. The summed E-state index contributed by atoms with van der Waals surface area (Å²) in [5.74, 6) is 0.531. The van der Waals surface area contributed by atoms with Crippen LogP contribution in [0.3, 0.4) is 0 Å². The van der Waals surface area contributed by atoms with Gasteiger partial charge in [0.05, 0.1) is 11.9 Å². The summed E-state index contributed by atoms with van der Waals surface area (Å²) in [7, 11) is 3.43. The number of hydrogen-bond acceptors (Lipinski definition) is 6. The maximum atomic E-state index is 12.3. The summed E-state index contributed by atoms with van der Waals surface area (Å²) in [4.78, 5) is 21.8.